The van der Waals surface area contributed by atoms with Crippen molar-refractivity contribution in [2.45, 2.75) is 20.0 Å². The number of nitrogens with zero attached hydrogens (tertiary/aromatic N) is 2. The van der Waals surface area contributed by atoms with E-state index in [1.165, 1.54) is 0 Å². The fourth-order valence-corrected chi connectivity index (χ4v) is 1.80. The van der Waals surface area contributed by atoms with Crippen molar-refractivity contribution in [2.24, 2.45) is 0 Å². The number of rotatable bonds is 6. The van der Waals surface area contributed by atoms with Gasteiger partial charge in [-0.1, -0.05) is 6.92 Å². The summed E-state index contributed by atoms with van der Waals surface area (Å²) in [6.07, 6.45) is 0.991. The summed E-state index contributed by atoms with van der Waals surface area (Å²) in [5.74, 6) is 1.87. The number of nitrogen functional groups attached to an aromatic ring is 1. The summed E-state index contributed by atoms with van der Waals surface area (Å²) in [5, 5.41) is 0. The number of aromatic nitrogens is 2. The molecule has 0 radical (unpaired) electrons. The fourth-order valence-electron chi connectivity index (χ4n) is 1.80. The van der Waals surface area contributed by atoms with Crippen LogP contribution in [0, 0.1) is 0 Å². The van der Waals surface area contributed by atoms with Crippen molar-refractivity contribution >= 4 is 5.82 Å². The predicted octanol–water partition coefficient (Wildman–Crippen LogP) is 2.66. The second-order valence-corrected chi connectivity index (χ2v) is 4.40. The van der Waals surface area contributed by atoms with Gasteiger partial charge in [-0.2, -0.15) is 0 Å². The van der Waals surface area contributed by atoms with Gasteiger partial charge in [0.15, 0.2) is 5.82 Å². The van der Waals surface area contributed by atoms with E-state index >= 15 is 0 Å². The van der Waals surface area contributed by atoms with E-state index in [0.717, 1.165) is 30.0 Å². The van der Waals surface area contributed by atoms with Crippen LogP contribution < -0.4 is 10.5 Å². The number of hydrogen-bond acceptors (Lipinski definition) is 5. The molecule has 0 amide bonds. The van der Waals surface area contributed by atoms with E-state index in [9.17, 15) is 0 Å². The highest BCUT2D eigenvalue weighted by molar-refractivity contribution is 5.62. The predicted molar refractivity (Wildman–Crippen MR) is 78.4 cm³/mol. The lowest BCUT2D eigenvalue weighted by atomic mass is 10.1. The Labute approximate surface area is 118 Å². The second kappa shape index (κ2) is 6.86. The molecule has 1 aromatic heterocycles. The lowest BCUT2D eigenvalue weighted by Gasteiger charge is -2.07. The van der Waals surface area contributed by atoms with Gasteiger partial charge in [-0.25, -0.2) is 9.97 Å². The Balaban J connectivity index is 2.22. The van der Waals surface area contributed by atoms with Crippen molar-refractivity contribution in [1.82, 2.24) is 9.97 Å². The summed E-state index contributed by atoms with van der Waals surface area (Å²) in [6, 6.07) is 9.53. The monoisotopic (exact) mass is 273 g/mol. The summed E-state index contributed by atoms with van der Waals surface area (Å²) in [5.41, 5.74) is 7.55. The molecule has 2 aromatic rings. The summed E-state index contributed by atoms with van der Waals surface area (Å²) in [6.45, 7) is 3.14. The molecule has 0 saturated carbocycles. The lowest BCUT2D eigenvalue weighted by Crippen LogP contribution is -2.02. The molecule has 0 atom stereocenters. The second-order valence-electron chi connectivity index (χ2n) is 4.40. The summed E-state index contributed by atoms with van der Waals surface area (Å²) in [4.78, 5) is 8.55. The smallest absolute Gasteiger partial charge is 0.157 e. The summed E-state index contributed by atoms with van der Waals surface area (Å²) < 4.78 is 10.6. The van der Waals surface area contributed by atoms with Crippen molar-refractivity contribution in [3.05, 3.63) is 36.2 Å². The molecule has 0 fully saturated rings. The van der Waals surface area contributed by atoms with Crippen molar-refractivity contribution in [1.29, 1.82) is 0 Å². The largest absolute Gasteiger partial charge is 0.494 e. The zero-order valence-electron chi connectivity index (χ0n) is 11.8. The molecule has 2 N–H and O–H groups in total. The van der Waals surface area contributed by atoms with Crippen molar-refractivity contribution in [3.8, 4) is 17.0 Å². The Morgan fingerprint density at radius 1 is 1.15 bits per heavy atom. The molecule has 20 heavy (non-hydrogen) atoms. The van der Waals surface area contributed by atoms with E-state index in [4.69, 9.17) is 15.2 Å². The van der Waals surface area contributed by atoms with Crippen LogP contribution in [-0.2, 0) is 11.3 Å². The van der Waals surface area contributed by atoms with Gasteiger partial charge < -0.3 is 15.2 Å². The van der Waals surface area contributed by atoms with E-state index in [0.29, 0.717) is 18.2 Å². The third-order valence-electron chi connectivity index (χ3n) is 2.69. The van der Waals surface area contributed by atoms with Crippen LogP contribution in [0.15, 0.2) is 30.3 Å². The van der Waals surface area contributed by atoms with Gasteiger partial charge in [-0.15, -0.1) is 0 Å². The van der Waals surface area contributed by atoms with Crippen LogP contribution in [0.4, 0.5) is 5.82 Å². The summed E-state index contributed by atoms with van der Waals surface area (Å²) >= 11 is 0. The maximum absolute atomic E-state index is 5.79. The first-order chi connectivity index (χ1) is 9.72. The van der Waals surface area contributed by atoms with E-state index in [-0.39, 0.29) is 0 Å². The van der Waals surface area contributed by atoms with Gasteiger partial charge in [0.1, 0.15) is 18.2 Å². The Morgan fingerprint density at radius 2 is 1.90 bits per heavy atom. The van der Waals surface area contributed by atoms with Crippen molar-refractivity contribution in [2.75, 3.05) is 19.5 Å². The molecule has 2 rings (SSSR count). The Morgan fingerprint density at radius 3 is 2.55 bits per heavy atom. The van der Waals surface area contributed by atoms with Crippen molar-refractivity contribution in [3.63, 3.8) is 0 Å². The highest BCUT2D eigenvalue weighted by atomic mass is 16.5. The third-order valence-corrected chi connectivity index (χ3v) is 2.69. The SMILES string of the molecule is CCCOc1ccc(-c2cc(N)nc(COC)n2)cc1. The average molecular weight is 273 g/mol. The van der Waals surface area contributed by atoms with Crippen molar-refractivity contribution < 1.29 is 9.47 Å². The molecule has 5 nitrogen and oxygen atoms in total. The maximum atomic E-state index is 5.79. The molecule has 5 heteroatoms. The van der Waals surface area contributed by atoms with Crippen LogP contribution in [0.1, 0.15) is 19.2 Å². The van der Waals surface area contributed by atoms with Gasteiger partial charge >= 0.3 is 0 Å². The highest BCUT2D eigenvalue weighted by Crippen LogP contribution is 2.22. The Hall–Kier alpha value is -2.14. The fraction of sp³-hybridized carbons (Fsp3) is 0.333. The number of ether oxygens (including phenoxy) is 2. The molecular weight excluding hydrogens is 254 g/mol. The van der Waals surface area contributed by atoms with Gasteiger partial charge in [-0.3, -0.25) is 0 Å². The minimum Gasteiger partial charge on any atom is -0.494 e. The minimum absolute atomic E-state index is 0.343. The first kappa shape index (κ1) is 14.3. The molecule has 0 unspecified atom stereocenters. The van der Waals surface area contributed by atoms with Crippen LogP contribution in [-0.4, -0.2) is 23.7 Å². The van der Waals surface area contributed by atoms with Crippen LogP contribution in [0.2, 0.25) is 0 Å². The number of nitrogens with two attached hydrogens (primary N) is 1. The van der Waals surface area contributed by atoms with Crippen LogP contribution >= 0.6 is 0 Å². The van der Waals surface area contributed by atoms with Gasteiger partial charge in [-0.05, 0) is 30.7 Å². The first-order valence-corrected chi connectivity index (χ1v) is 6.58. The maximum Gasteiger partial charge on any atom is 0.157 e. The third kappa shape index (κ3) is 3.68. The normalized spacial score (nSPS) is 10.5. The molecule has 1 heterocycles. The standard InChI is InChI=1S/C15H19N3O2/c1-3-8-20-12-6-4-11(5-7-12)13-9-14(16)18-15(17-13)10-19-2/h4-7,9H,3,8,10H2,1-2H3,(H2,16,17,18). The van der Waals surface area contributed by atoms with Crippen LogP contribution in [0.3, 0.4) is 0 Å². The van der Waals surface area contributed by atoms with E-state index in [1.54, 1.807) is 13.2 Å². The molecule has 0 saturated heterocycles. The zero-order valence-corrected chi connectivity index (χ0v) is 11.8. The number of methoxy groups -OCH3 is 1. The summed E-state index contributed by atoms with van der Waals surface area (Å²) in [7, 11) is 1.60. The molecule has 106 valence electrons. The van der Waals surface area contributed by atoms with Crippen LogP contribution in [0.5, 0.6) is 5.75 Å². The van der Waals surface area contributed by atoms with E-state index in [1.807, 2.05) is 24.3 Å². The number of hydrogen-bond donors (Lipinski definition) is 1. The number of anilines is 1. The molecule has 0 bridgehead atoms. The molecule has 0 aliphatic carbocycles. The average Bonchev–Trinajstić information content (AvgIpc) is 2.45. The topological polar surface area (TPSA) is 70.3 Å². The molecule has 0 aliphatic rings. The van der Waals surface area contributed by atoms with Gasteiger partial charge in [0.05, 0.1) is 12.3 Å². The first-order valence-electron chi connectivity index (χ1n) is 6.58. The van der Waals surface area contributed by atoms with Gasteiger partial charge in [0.2, 0.25) is 0 Å². The van der Waals surface area contributed by atoms with Gasteiger partial charge in [0.25, 0.3) is 0 Å². The Kier molecular flexibility index (Phi) is 4.90. The zero-order chi connectivity index (χ0) is 14.4. The molecule has 0 aliphatic heterocycles. The minimum atomic E-state index is 0.343. The number of benzene rings is 1. The Bertz CT molecular complexity index is 556. The van der Waals surface area contributed by atoms with E-state index in [2.05, 4.69) is 16.9 Å². The molecular formula is C15H19N3O2. The lowest BCUT2D eigenvalue weighted by molar-refractivity contribution is 0.178. The van der Waals surface area contributed by atoms with Gasteiger partial charge in [0, 0.05) is 18.7 Å². The molecule has 1 aromatic carbocycles. The van der Waals surface area contributed by atoms with Crippen LogP contribution in [0.25, 0.3) is 11.3 Å². The molecule has 0 spiro atoms. The highest BCUT2D eigenvalue weighted by Gasteiger charge is 2.05. The quantitative estimate of drug-likeness (QED) is 0.876. The van der Waals surface area contributed by atoms with E-state index < -0.39 is 0 Å².